The van der Waals surface area contributed by atoms with Crippen molar-refractivity contribution in [2.24, 2.45) is 0 Å². The monoisotopic (exact) mass is 443 g/mol. The Bertz CT molecular complexity index is 989. The van der Waals surface area contributed by atoms with Gasteiger partial charge in [-0.15, -0.1) is 0 Å². The molecule has 0 saturated carbocycles. The number of nitrogens with one attached hydrogen (secondary N) is 2. The number of rotatable bonds is 6. The molecule has 2 aromatic carbocycles. The maximum absolute atomic E-state index is 12.7. The Labute approximate surface area is 171 Å². The Hall–Kier alpha value is -2.63. The average molecular weight is 443 g/mol. The van der Waals surface area contributed by atoms with Gasteiger partial charge in [0, 0.05) is 24.5 Å². The number of alkyl halides is 3. The number of amides is 1. The second-order valence-electron chi connectivity index (χ2n) is 6.52. The van der Waals surface area contributed by atoms with E-state index in [9.17, 15) is 26.4 Å². The highest BCUT2D eigenvalue weighted by molar-refractivity contribution is 7.89. The highest BCUT2D eigenvalue weighted by atomic mass is 32.2. The summed E-state index contributed by atoms with van der Waals surface area (Å²) < 4.78 is 69.8. The molecular weight excluding hydrogens is 423 g/mol. The third-order valence-electron chi connectivity index (χ3n) is 4.39. The van der Waals surface area contributed by atoms with Crippen LogP contribution in [0.5, 0.6) is 0 Å². The van der Waals surface area contributed by atoms with Gasteiger partial charge in [-0.1, -0.05) is 6.07 Å². The summed E-state index contributed by atoms with van der Waals surface area (Å²) in [4.78, 5) is 12.2. The molecule has 0 radical (unpaired) electrons. The SMILES string of the molecule is O=C(CNc1cccc(C(F)(F)F)c1)Nc1ccc(S(=O)(=O)N2CCOCC2)cc1. The number of carbonyl (C=O) groups excluding carboxylic acids is 1. The molecule has 0 atom stereocenters. The summed E-state index contributed by atoms with van der Waals surface area (Å²) in [5.74, 6) is -0.490. The number of nitrogens with zero attached hydrogens (tertiary/aromatic N) is 1. The summed E-state index contributed by atoms with van der Waals surface area (Å²) in [6.07, 6.45) is -4.47. The summed E-state index contributed by atoms with van der Waals surface area (Å²) in [6.45, 7) is 0.984. The lowest BCUT2D eigenvalue weighted by molar-refractivity contribution is -0.137. The first-order valence-electron chi connectivity index (χ1n) is 9.05. The molecule has 2 aromatic rings. The van der Waals surface area contributed by atoms with E-state index in [-0.39, 0.29) is 30.2 Å². The third-order valence-corrected chi connectivity index (χ3v) is 6.30. The number of benzene rings is 2. The zero-order chi connectivity index (χ0) is 21.8. The van der Waals surface area contributed by atoms with E-state index in [1.165, 1.54) is 40.7 Å². The molecule has 1 heterocycles. The van der Waals surface area contributed by atoms with Crippen molar-refractivity contribution in [2.45, 2.75) is 11.1 Å². The van der Waals surface area contributed by atoms with Crippen LogP contribution in [-0.2, 0) is 25.7 Å². The van der Waals surface area contributed by atoms with Gasteiger partial charge in [0.2, 0.25) is 15.9 Å². The normalized spacial score (nSPS) is 15.6. The molecule has 1 aliphatic rings. The van der Waals surface area contributed by atoms with Gasteiger partial charge >= 0.3 is 6.18 Å². The minimum absolute atomic E-state index is 0.101. The van der Waals surface area contributed by atoms with Crippen molar-refractivity contribution in [3.63, 3.8) is 0 Å². The van der Waals surface area contributed by atoms with E-state index in [0.717, 1.165) is 12.1 Å². The number of morpholine rings is 1. The van der Waals surface area contributed by atoms with Crippen molar-refractivity contribution < 1.29 is 31.1 Å². The van der Waals surface area contributed by atoms with Crippen molar-refractivity contribution in [3.8, 4) is 0 Å². The summed E-state index contributed by atoms with van der Waals surface area (Å²) >= 11 is 0. The van der Waals surface area contributed by atoms with Crippen LogP contribution in [0, 0.1) is 0 Å². The second kappa shape index (κ2) is 9.02. The van der Waals surface area contributed by atoms with Gasteiger partial charge in [-0.3, -0.25) is 4.79 Å². The number of hydrogen-bond acceptors (Lipinski definition) is 5. The molecule has 1 aliphatic heterocycles. The van der Waals surface area contributed by atoms with Crippen LogP contribution in [0.2, 0.25) is 0 Å². The molecule has 3 rings (SSSR count). The molecule has 162 valence electrons. The molecule has 2 N–H and O–H groups in total. The van der Waals surface area contributed by atoms with E-state index in [0.29, 0.717) is 18.9 Å². The number of carbonyl (C=O) groups is 1. The molecule has 1 amide bonds. The third kappa shape index (κ3) is 5.49. The number of anilines is 2. The lowest BCUT2D eigenvalue weighted by atomic mass is 10.2. The van der Waals surface area contributed by atoms with Crippen molar-refractivity contribution in [1.29, 1.82) is 0 Å². The minimum atomic E-state index is -4.47. The van der Waals surface area contributed by atoms with Crippen molar-refractivity contribution in [1.82, 2.24) is 4.31 Å². The molecular formula is C19H20F3N3O4S. The van der Waals surface area contributed by atoms with Crippen LogP contribution in [0.4, 0.5) is 24.5 Å². The average Bonchev–Trinajstić information content (AvgIpc) is 2.73. The topological polar surface area (TPSA) is 87.7 Å². The predicted octanol–water partition coefficient (Wildman–Crippen LogP) is 2.78. The van der Waals surface area contributed by atoms with Gasteiger partial charge in [-0.25, -0.2) is 8.42 Å². The molecule has 0 aliphatic carbocycles. The molecule has 0 unspecified atom stereocenters. The maximum atomic E-state index is 12.7. The van der Waals surface area contributed by atoms with Gasteiger partial charge < -0.3 is 15.4 Å². The zero-order valence-corrected chi connectivity index (χ0v) is 16.6. The fraction of sp³-hybridized carbons (Fsp3) is 0.316. The summed E-state index contributed by atoms with van der Waals surface area (Å²) in [5, 5.41) is 5.19. The van der Waals surface area contributed by atoms with E-state index >= 15 is 0 Å². The van der Waals surface area contributed by atoms with E-state index in [1.807, 2.05) is 0 Å². The summed E-state index contributed by atoms with van der Waals surface area (Å²) in [7, 11) is -3.63. The Morgan fingerprint density at radius 3 is 2.33 bits per heavy atom. The zero-order valence-electron chi connectivity index (χ0n) is 15.8. The van der Waals surface area contributed by atoms with Gasteiger partial charge in [-0.2, -0.15) is 17.5 Å². The first-order valence-corrected chi connectivity index (χ1v) is 10.5. The molecule has 0 bridgehead atoms. The smallest absolute Gasteiger partial charge is 0.379 e. The lowest BCUT2D eigenvalue weighted by Gasteiger charge is -2.26. The molecule has 0 aromatic heterocycles. The van der Waals surface area contributed by atoms with E-state index in [4.69, 9.17) is 4.74 Å². The highest BCUT2D eigenvalue weighted by Crippen LogP contribution is 2.30. The molecule has 1 fully saturated rings. The van der Waals surface area contributed by atoms with Crippen LogP contribution in [0.25, 0.3) is 0 Å². The number of hydrogen-bond donors (Lipinski definition) is 2. The Balaban J connectivity index is 1.57. The summed E-state index contributed by atoms with van der Waals surface area (Å²) in [5.41, 5.74) is -0.288. The maximum Gasteiger partial charge on any atom is 0.416 e. The molecule has 30 heavy (non-hydrogen) atoms. The Kier molecular flexibility index (Phi) is 6.64. The molecule has 11 heteroatoms. The fourth-order valence-electron chi connectivity index (χ4n) is 2.84. The van der Waals surface area contributed by atoms with Gasteiger partial charge in [-0.05, 0) is 42.5 Å². The Morgan fingerprint density at radius 2 is 1.70 bits per heavy atom. The fourth-order valence-corrected chi connectivity index (χ4v) is 4.25. The van der Waals surface area contributed by atoms with Gasteiger partial charge in [0.1, 0.15) is 0 Å². The molecule has 1 saturated heterocycles. The van der Waals surface area contributed by atoms with Crippen LogP contribution in [0.15, 0.2) is 53.4 Å². The molecule has 0 spiro atoms. The first-order chi connectivity index (χ1) is 14.2. The minimum Gasteiger partial charge on any atom is -0.379 e. The van der Waals surface area contributed by atoms with Crippen molar-refractivity contribution in [2.75, 3.05) is 43.5 Å². The quantitative estimate of drug-likeness (QED) is 0.717. The Morgan fingerprint density at radius 1 is 1.03 bits per heavy atom. The van der Waals surface area contributed by atoms with Crippen LogP contribution in [0.3, 0.4) is 0 Å². The standard InChI is InChI=1S/C19H20F3N3O4S/c20-19(21,22)14-2-1-3-16(12-14)23-13-18(26)24-15-4-6-17(7-5-15)30(27,28)25-8-10-29-11-9-25/h1-7,12,23H,8-11,13H2,(H,24,26). The van der Waals surface area contributed by atoms with Crippen LogP contribution >= 0.6 is 0 Å². The van der Waals surface area contributed by atoms with Crippen molar-refractivity contribution in [3.05, 3.63) is 54.1 Å². The van der Waals surface area contributed by atoms with E-state index < -0.39 is 27.7 Å². The number of halogens is 3. The van der Waals surface area contributed by atoms with Crippen LogP contribution < -0.4 is 10.6 Å². The van der Waals surface area contributed by atoms with Gasteiger partial charge in [0.05, 0.1) is 30.2 Å². The van der Waals surface area contributed by atoms with Gasteiger partial charge in [0.15, 0.2) is 0 Å². The van der Waals surface area contributed by atoms with Crippen LogP contribution in [-0.4, -0.2) is 51.5 Å². The molecule has 7 nitrogen and oxygen atoms in total. The number of ether oxygens (including phenoxy) is 1. The lowest BCUT2D eigenvalue weighted by Crippen LogP contribution is -2.40. The number of sulfonamides is 1. The van der Waals surface area contributed by atoms with E-state index in [1.54, 1.807) is 0 Å². The van der Waals surface area contributed by atoms with E-state index in [2.05, 4.69) is 10.6 Å². The van der Waals surface area contributed by atoms with Crippen LogP contribution in [0.1, 0.15) is 5.56 Å². The highest BCUT2D eigenvalue weighted by Gasteiger charge is 2.30. The van der Waals surface area contributed by atoms with Gasteiger partial charge in [0.25, 0.3) is 0 Å². The predicted molar refractivity (Wildman–Crippen MR) is 105 cm³/mol. The first kappa shape index (κ1) is 22.1. The summed E-state index contributed by atoms with van der Waals surface area (Å²) in [6, 6.07) is 10.2. The largest absolute Gasteiger partial charge is 0.416 e. The van der Waals surface area contributed by atoms with Crippen molar-refractivity contribution >= 4 is 27.3 Å². The second-order valence-corrected chi connectivity index (χ2v) is 8.46.